The van der Waals surface area contributed by atoms with Gasteiger partial charge in [0, 0.05) is 4.90 Å². The van der Waals surface area contributed by atoms with E-state index < -0.39 is 0 Å². The lowest BCUT2D eigenvalue weighted by molar-refractivity contribution is 0.342. The monoisotopic (exact) mass is 248 g/mol. The molecule has 0 radical (unpaired) electrons. The van der Waals surface area contributed by atoms with Crippen molar-refractivity contribution in [1.29, 1.82) is 0 Å². The summed E-state index contributed by atoms with van der Waals surface area (Å²) in [5.41, 5.74) is 3.13. The molecule has 0 aliphatic carbocycles. The number of benzene rings is 1. The summed E-state index contributed by atoms with van der Waals surface area (Å²) < 4.78 is 0. The van der Waals surface area contributed by atoms with E-state index in [0.29, 0.717) is 5.41 Å². The number of hydrogen-bond donors (Lipinski definition) is 1. The predicted molar refractivity (Wildman–Crippen MR) is 74.7 cm³/mol. The van der Waals surface area contributed by atoms with E-state index in [1.54, 1.807) is 6.08 Å². The summed E-state index contributed by atoms with van der Waals surface area (Å²) >= 11 is 1.97. The maximum Gasteiger partial charge on any atom is 0.0612 e. The van der Waals surface area contributed by atoms with Crippen LogP contribution in [-0.2, 0) is 11.8 Å². The van der Waals surface area contributed by atoms with Gasteiger partial charge in [0.1, 0.15) is 0 Å². The minimum absolute atomic E-state index is 0.131. The van der Waals surface area contributed by atoms with Crippen LogP contribution in [0.3, 0.4) is 0 Å². The summed E-state index contributed by atoms with van der Waals surface area (Å²) in [7, 11) is 0. The molecule has 1 aliphatic heterocycles. The van der Waals surface area contributed by atoms with Gasteiger partial charge in [-0.25, -0.2) is 0 Å². The minimum Gasteiger partial charge on any atom is -0.392 e. The van der Waals surface area contributed by atoms with Gasteiger partial charge in [0.05, 0.1) is 6.61 Å². The molecule has 1 nitrogen and oxygen atoms in total. The Bertz CT molecular complexity index is 421. The molecule has 17 heavy (non-hydrogen) atoms. The molecule has 0 fully saturated rings. The van der Waals surface area contributed by atoms with Gasteiger partial charge in [0.15, 0.2) is 0 Å². The molecule has 0 amide bonds. The van der Waals surface area contributed by atoms with E-state index in [2.05, 4.69) is 32.0 Å². The number of allylic oxidation sites excluding steroid dienone is 1. The number of fused-ring (bicyclic) bond motifs is 1. The van der Waals surface area contributed by atoms with Crippen LogP contribution in [0.2, 0.25) is 0 Å². The molecule has 1 aliphatic rings. The molecule has 92 valence electrons. The summed E-state index contributed by atoms with van der Waals surface area (Å²) in [6.45, 7) is 4.80. The Morgan fingerprint density at radius 1 is 1.35 bits per heavy atom. The molecular weight excluding hydrogens is 228 g/mol. The summed E-state index contributed by atoms with van der Waals surface area (Å²) in [6, 6.07) is 6.79. The maximum atomic E-state index is 8.73. The summed E-state index contributed by atoms with van der Waals surface area (Å²) in [5, 5.41) is 8.73. The van der Waals surface area contributed by atoms with Crippen LogP contribution < -0.4 is 0 Å². The topological polar surface area (TPSA) is 20.2 Å². The van der Waals surface area contributed by atoms with E-state index in [1.807, 2.05) is 17.8 Å². The van der Waals surface area contributed by atoms with Gasteiger partial charge < -0.3 is 5.11 Å². The first-order valence-electron chi connectivity index (χ1n) is 6.15. The normalized spacial score (nSPS) is 18.3. The van der Waals surface area contributed by atoms with Gasteiger partial charge in [-0.15, -0.1) is 11.8 Å². The second-order valence-corrected chi connectivity index (χ2v) is 6.31. The van der Waals surface area contributed by atoms with Gasteiger partial charge >= 0.3 is 0 Å². The van der Waals surface area contributed by atoms with E-state index in [1.165, 1.54) is 28.2 Å². The average molecular weight is 248 g/mol. The first-order valence-corrected chi connectivity index (χ1v) is 7.14. The molecular formula is C15H20OS. The second-order valence-electron chi connectivity index (χ2n) is 5.17. The van der Waals surface area contributed by atoms with Crippen molar-refractivity contribution in [3.05, 3.63) is 41.5 Å². The fourth-order valence-electron chi connectivity index (χ4n) is 2.20. The molecule has 0 atom stereocenters. The fraction of sp³-hybridized carbons (Fsp3) is 0.467. The van der Waals surface area contributed by atoms with Gasteiger partial charge in [0.25, 0.3) is 0 Å². The Balaban J connectivity index is 2.25. The molecule has 2 rings (SSSR count). The van der Waals surface area contributed by atoms with Crippen LogP contribution in [0.25, 0.3) is 0 Å². The Kier molecular flexibility index (Phi) is 3.95. The average Bonchev–Trinajstić information content (AvgIpc) is 2.30. The van der Waals surface area contributed by atoms with Crippen molar-refractivity contribution in [2.75, 3.05) is 12.4 Å². The van der Waals surface area contributed by atoms with Gasteiger partial charge in [-0.1, -0.05) is 38.1 Å². The zero-order chi connectivity index (χ0) is 12.3. The van der Waals surface area contributed by atoms with Crippen molar-refractivity contribution in [2.45, 2.75) is 37.0 Å². The summed E-state index contributed by atoms with van der Waals surface area (Å²) in [6.07, 6.45) is 6.00. The van der Waals surface area contributed by atoms with E-state index in [-0.39, 0.29) is 6.61 Å². The lowest BCUT2D eigenvalue weighted by Crippen LogP contribution is -2.22. The first-order chi connectivity index (χ1) is 8.13. The highest BCUT2D eigenvalue weighted by Crippen LogP contribution is 2.41. The van der Waals surface area contributed by atoms with Crippen LogP contribution in [0.5, 0.6) is 0 Å². The van der Waals surface area contributed by atoms with Gasteiger partial charge in [-0.2, -0.15) is 0 Å². The lowest BCUT2D eigenvalue weighted by atomic mass is 9.81. The van der Waals surface area contributed by atoms with Gasteiger partial charge in [0.2, 0.25) is 0 Å². The van der Waals surface area contributed by atoms with Crippen LogP contribution in [0.15, 0.2) is 35.2 Å². The third-order valence-electron chi connectivity index (χ3n) is 3.38. The highest BCUT2D eigenvalue weighted by atomic mass is 32.2. The quantitative estimate of drug-likeness (QED) is 0.826. The molecule has 1 aromatic rings. The van der Waals surface area contributed by atoms with E-state index >= 15 is 0 Å². The van der Waals surface area contributed by atoms with Gasteiger partial charge in [-0.05, 0) is 41.2 Å². The third-order valence-corrected chi connectivity index (χ3v) is 4.46. The van der Waals surface area contributed by atoms with Gasteiger partial charge in [-0.3, -0.25) is 0 Å². The highest BCUT2D eigenvalue weighted by Gasteiger charge is 2.27. The number of aliphatic hydroxyl groups excluding tert-OH is 1. The number of rotatable bonds is 3. The summed E-state index contributed by atoms with van der Waals surface area (Å²) in [4.78, 5) is 1.44. The Morgan fingerprint density at radius 2 is 2.18 bits per heavy atom. The molecule has 1 N–H and O–H groups in total. The number of aliphatic hydroxyl groups is 1. The minimum atomic E-state index is 0.131. The number of hydrogen-bond acceptors (Lipinski definition) is 2. The van der Waals surface area contributed by atoms with E-state index in [9.17, 15) is 0 Å². The summed E-state index contributed by atoms with van der Waals surface area (Å²) in [5.74, 6) is 1.23. The molecule has 2 heteroatoms. The van der Waals surface area contributed by atoms with E-state index in [4.69, 9.17) is 5.11 Å². The zero-order valence-corrected chi connectivity index (χ0v) is 11.4. The Labute approximate surface area is 108 Å². The largest absolute Gasteiger partial charge is 0.392 e. The Hall–Kier alpha value is -0.730. The molecule has 0 bridgehead atoms. The van der Waals surface area contributed by atoms with Crippen LogP contribution in [-0.4, -0.2) is 17.5 Å². The van der Waals surface area contributed by atoms with Crippen molar-refractivity contribution in [3.8, 4) is 0 Å². The highest BCUT2D eigenvalue weighted by molar-refractivity contribution is 7.99. The van der Waals surface area contributed by atoms with Crippen molar-refractivity contribution >= 4 is 11.8 Å². The SMILES string of the molecule is CC1(C)CCSc2ccc(C/C=C\CO)cc21. The van der Waals surface area contributed by atoms with Crippen LogP contribution in [0, 0.1) is 0 Å². The first kappa shape index (κ1) is 12.7. The molecule has 0 unspecified atom stereocenters. The van der Waals surface area contributed by atoms with Crippen molar-refractivity contribution in [3.63, 3.8) is 0 Å². The molecule has 0 spiro atoms. The fourth-order valence-corrected chi connectivity index (χ4v) is 3.69. The molecule has 1 heterocycles. The predicted octanol–water partition coefficient (Wildman–Crippen LogP) is 3.55. The Morgan fingerprint density at radius 3 is 2.94 bits per heavy atom. The molecule has 1 aromatic carbocycles. The smallest absolute Gasteiger partial charge is 0.0612 e. The van der Waals surface area contributed by atoms with Crippen molar-refractivity contribution in [2.24, 2.45) is 0 Å². The standard InChI is InChI=1S/C15H20OS/c1-15(2)8-10-17-14-7-6-12(11-13(14)15)5-3-4-9-16/h3-4,6-7,11,16H,5,8-10H2,1-2H3/b4-3-. The van der Waals surface area contributed by atoms with E-state index in [0.717, 1.165) is 6.42 Å². The van der Waals surface area contributed by atoms with Crippen LogP contribution in [0.1, 0.15) is 31.4 Å². The number of thioether (sulfide) groups is 1. The second kappa shape index (κ2) is 5.28. The molecule has 0 saturated carbocycles. The van der Waals surface area contributed by atoms with Crippen LogP contribution >= 0.6 is 11.8 Å². The lowest BCUT2D eigenvalue weighted by Gasteiger charge is -2.32. The maximum absolute atomic E-state index is 8.73. The van der Waals surface area contributed by atoms with Crippen molar-refractivity contribution < 1.29 is 5.11 Å². The zero-order valence-electron chi connectivity index (χ0n) is 10.6. The molecule has 0 saturated heterocycles. The molecule has 0 aromatic heterocycles. The van der Waals surface area contributed by atoms with Crippen molar-refractivity contribution in [1.82, 2.24) is 0 Å². The van der Waals surface area contributed by atoms with Crippen LogP contribution in [0.4, 0.5) is 0 Å². The third kappa shape index (κ3) is 2.93.